The number of benzene rings is 2. The molecular formula is C12H8BFN2O2. The average molecular weight is 242 g/mol. The van der Waals surface area contributed by atoms with E-state index in [2.05, 4.69) is 10.2 Å². The summed E-state index contributed by atoms with van der Waals surface area (Å²) in [6.45, 7) is 0. The molecule has 0 unspecified atom stereocenters. The summed E-state index contributed by atoms with van der Waals surface area (Å²) in [5, 5.41) is 8.07. The molecule has 0 amide bonds. The van der Waals surface area contributed by atoms with E-state index in [4.69, 9.17) is 9.31 Å². The highest BCUT2D eigenvalue weighted by molar-refractivity contribution is 6.37. The molecule has 6 heteroatoms. The molecule has 2 aromatic carbocycles. The van der Waals surface area contributed by atoms with Crippen LogP contribution in [0.25, 0.3) is 0 Å². The summed E-state index contributed by atoms with van der Waals surface area (Å²) >= 11 is 0. The van der Waals surface area contributed by atoms with Crippen LogP contribution in [-0.4, -0.2) is 7.40 Å². The second-order valence-electron chi connectivity index (χ2n) is 3.65. The Morgan fingerprint density at radius 3 is 1.72 bits per heavy atom. The van der Waals surface area contributed by atoms with Gasteiger partial charge >= 0.3 is 7.40 Å². The van der Waals surface area contributed by atoms with Gasteiger partial charge in [-0.05, 0) is 24.3 Å². The van der Waals surface area contributed by atoms with Crippen LogP contribution in [0.15, 0.2) is 58.8 Å². The first kappa shape index (κ1) is 10.8. The largest absolute Gasteiger partial charge is 0.830 e. The Kier molecular flexibility index (Phi) is 2.68. The maximum Gasteiger partial charge on any atom is 0.830 e. The first-order chi connectivity index (χ1) is 8.83. The van der Waals surface area contributed by atoms with E-state index in [1.807, 2.05) is 0 Å². The van der Waals surface area contributed by atoms with Crippen LogP contribution >= 0.6 is 0 Å². The number of nitrogens with zero attached hydrogens (tertiary/aromatic N) is 2. The lowest BCUT2D eigenvalue weighted by molar-refractivity contribution is 0.361. The molecule has 1 aliphatic rings. The second-order valence-corrected chi connectivity index (χ2v) is 3.65. The van der Waals surface area contributed by atoms with E-state index in [0.717, 1.165) is 0 Å². The zero-order chi connectivity index (χ0) is 12.4. The van der Waals surface area contributed by atoms with E-state index in [1.54, 1.807) is 48.5 Å². The highest BCUT2D eigenvalue weighted by Gasteiger charge is 2.27. The van der Waals surface area contributed by atoms with Crippen LogP contribution in [0.4, 0.5) is 15.7 Å². The highest BCUT2D eigenvalue weighted by Crippen LogP contribution is 2.35. The van der Waals surface area contributed by atoms with Crippen LogP contribution in [0.5, 0.6) is 11.5 Å². The Hall–Kier alpha value is -2.37. The minimum atomic E-state index is -1.89. The number of rotatable bonds is 0. The highest BCUT2D eigenvalue weighted by atomic mass is 19.1. The molecule has 0 fully saturated rings. The van der Waals surface area contributed by atoms with Crippen molar-refractivity contribution in [2.45, 2.75) is 0 Å². The van der Waals surface area contributed by atoms with Gasteiger partial charge in [-0.15, -0.1) is 10.2 Å². The summed E-state index contributed by atoms with van der Waals surface area (Å²) in [6.07, 6.45) is 0. The lowest BCUT2D eigenvalue weighted by atomic mass is 10.2. The molecule has 2 aromatic rings. The molecule has 0 spiro atoms. The van der Waals surface area contributed by atoms with Gasteiger partial charge < -0.3 is 9.31 Å². The van der Waals surface area contributed by atoms with E-state index >= 15 is 0 Å². The maximum absolute atomic E-state index is 13.6. The van der Waals surface area contributed by atoms with Gasteiger partial charge in [0.05, 0.1) is 0 Å². The fourth-order valence-electron chi connectivity index (χ4n) is 1.61. The normalized spacial score (nSPS) is 13.3. The van der Waals surface area contributed by atoms with Gasteiger partial charge in [0.1, 0.15) is 22.9 Å². The van der Waals surface area contributed by atoms with Gasteiger partial charge in [-0.25, -0.2) is 4.32 Å². The van der Waals surface area contributed by atoms with Crippen molar-refractivity contribution < 1.29 is 13.6 Å². The van der Waals surface area contributed by atoms with E-state index in [0.29, 0.717) is 22.9 Å². The summed E-state index contributed by atoms with van der Waals surface area (Å²) in [4.78, 5) is 0. The Bertz CT molecular complexity index is 555. The van der Waals surface area contributed by atoms with Crippen LogP contribution in [0.2, 0.25) is 0 Å². The molecule has 88 valence electrons. The third-order valence-corrected chi connectivity index (χ3v) is 2.44. The van der Waals surface area contributed by atoms with Gasteiger partial charge in [-0.1, -0.05) is 24.3 Å². The van der Waals surface area contributed by atoms with E-state index < -0.39 is 7.40 Å². The molecule has 4 nitrogen and oxygen atoms in total. The van der Waals surface area contributed by atoms with Crippen molar-refractivity contribution in [1.29, 1.82) is 0 Å². The first-order valence-electron chi connectivity index (χ1n) is 5.40. The quantitative estimate of drug-likeness (QED) is 0.659. The van der Waals surface area contributed by atoms with Crippen molar-refractivity contribution in [1.82, 2.24) is 0 Å². The third-order valence-electron chi connectivity index (χ3n) is 2.44. The topological polar surface area (TPSA) is 43.2 Å². The second kappa shape index (κ2) is 4.48. The van der Waals surface area contributed by atoms with Gasteiger partial charge in [-0.3, -0.25) is 0 Å². The van der Waals surface area contributed by atoms with E-state index in [-0.39, 0.29) is 0 Å². The van der Waals surface area contributed by atoms with E-state index in [1.165, 1.54) is 0 Å². The molecule has 0 atom stereocenters. The lowest BCUT2D eigenvalue weighted by Crippen LogP contribution is -2.24. The summed E-state index contributed by atoms with van der Waals surface area (Å²) in [5.41, 5.74) is 0.918. The molecular weight excluding hydrogens is 234 g/mol. The maximum atomic E-state index is 13.6. The van der Waals surface area contributed by atoms with Crippen LogP contribution in [-0.2, 0) is 0 Å². The average Bonchev–Trinajstić information content (AvgIpc) is 2.45. The molecule has 0 N–H and O–H groups in total. The van der Waals surface area contributed by atoms with Gasteiger partial charge in [0.15, 0.2) is 0 Å². The number of hydrogen-bond donors (Lipinski definition) is 0. The van der Waals surface area contributed by atoms with Gasteiger partial charge in [0, 0.05) is 0 Å². The molecule has 0 bridgehead atoms. The zero-order valence-corrected chi connectivity index (χ0v) is 9.29. The predicted octanol–water partition coefficient (Wildman–Crippen LogP) is 3.83. The zero-order valence-electron chi connectivity index (χ0n) is 9.29. The predicted molar refractivity (Wildman–Crippen MR) is 65.2 cm³/mol. The molecule has 3 rings (SSSR count). The number of fused-ring (bicyclic) bond motifs is 2. The fraction of sp³-hybridized carbons (Fsp3) is 0. The molecule has 0 saturated carbocycles. The third kappa shape index (κ3) is 2.04. The molecule has 0 aromatic heterocycles. The van der Waals surface area contributed by atoms with Crippen LogP contribution in [0, 0.1) is 0 Å². The van der Waals surface area contributed by atoms with Crippen molar-refractivity contribution in [2.24, 2.45) is 10.2 Å². The van der Waals surface area contributed by atoms with Crippen molar-refractivity contribution in [3.05, 3.63) is 48.5 Å². The lowest BCUT2D eigenvalue weighted by Gasteiger charge is -2.09. The van der Waals surface area contributed by atoms with E-state index in [9.17, 15) is 4.32 Å². The number of azo groups is 1. The first-order valence-corrected chi connectivity index (χ1v) is 5.40. The Morgan fingerprint density at radius 1 is 0.778 bits per heavy atom. The summed E-state index contributed by atoms with van der Waals surface area (Å²) in [6, 6.07) is 13.6. The molecule has 1 heterocycles. The van der Waals surface area contributed by atoms with Crippen molar-refractivity contribution >= 4 is 18.8 Å². The van der Waals surface area contributed by atoms with Crippen LogP contribution in [0.3, 0.4) is 0 Å². The molecule has 0 saturated heterocycles. The van der Waals surface area contributed by atoms with Gasteiger partial charge in [0.2, 0.25) is 0 Å². The van der Waals surface area contributed by atoms with Gasteiger partial charge in [-0.2, -0.15) is 0 Å². The number of halogens is 1. The van der Waals surface area contributed by atoms with Crippen LogP contribution < -0.4 is 9.31 Å². The molecule has 1 aliphatic heterocycles. The van der Waals surface area contributed by atoms with Crippen LogP contribution in [0.1, 0.15) is 0 Å². The number of hydrogen-bond acceptors (Lipinski definition) is 4. The summed E-state index contributed by atoms with van der Waals surface area (Å²) in [5.74, 6) is 0.586. The number of para-hydroxylation sites is 2. The Morgan fingerprint density at radius 2 is 1.22 bits per heavy atom. The Labute approximate surface area is 103 Å². The Balaban J connectivity index is 2.10. The molecule has 0 radical (unpaired) electrons. The van der Waals surface area contributed by atoms with Crippen molar-refractivity contribution in [3.8, 4) is 11.5 Å². The van der Waals surface area contributed by atoms with Crippen molar-refractivity contribution in [3.63, 3.8) is 0 Å². The molecule has 0 aliphatic carbocycles. The minimum Gasteiger partial charge on any atom is -0.495 e. The summed E-state index contributed by atoms with van der Waals surface area (Å²) < 4.78 is 23.7. The fourth-order valence-corrected chi connectivity index (χ4v) is 1.61. The smallest absolute Gasteiger partial charge is 0.495 e. The van der Waals surface area contributed by atoms with Gasteiger partial charge in [0.25, 0.3) is 0 Å². The molecule has 18 heavy (non-hydrogen) atoms. The van der Waals surface area contributed by atoms with Crippen molar-refractivity contribution in [2.75, 3.05) is 0 Å². The minimum absolute atomic E-state index is 0.293. The monoisotopic (exact) mass is 242 g/mol. The standard InChI is InChI=1S/C12H8BFN2O2/c14-13-17-11-7-3-1-5-9(11)15-16-10-6-2-4-8-12(10)18-13/h1-8H. The summed E-state index contributed by atoms with van der Waals surface area (Å²) in [7, 11) is -1.89. The SMILES string of the molecule is FB1Oc2ccccc2N=Nc2ccccc2O1.